The van der Waals surface area contributed by atoms with Crippen LogP contribution < -0.4 is 15.5 Å². The minimum absolute atomic E-state index is 0.239. The van der Waals surface area contributed by atoms with E-state index in [-0.39, 0.29) is 5.75 Å². The Balaban J connectivity index is 1.45. The van der Waals surface area contributed by atoms with E-state index in [9.17, 15) is 9.90 Å². The third-order valence-corrected chi connectivity index (χ3v) is 5.97. The van der Waals surface area contributed by atoms with Crippen molar-refractivity contribution in [2.75, 3.05) is 49.1 Å². The zero-order valence-corrected chi connectivity index (χ0v) is 18.2. The average molecular weight is 431 g/mol. The molecule has 1 saturated heterocycles. The Hall–Kier alpha value is -3.51. The highest BCUT2D eigenvalue weighted by Crippen LogP contribution is 2.24. The number of piperazine rings is 1. The molecular weight excluding hydrogens is 400 g/mol. The first-order chi connectivity index (χ1) is 15.6. The van der Waals surface area contributed by atoms with E-state index in [2.05, 4.69) is 39.0 Å². The molecule has 1 heterocycles. The first-order valence-electron chi connectivity index (χ1n) is 11.0. The van der Waals surface area contributed by atoms with Crippen molar-refractivity contribution in [3.05, 3.63) is 90.0 Å². The summed E-state index contributed by atoms with van der Waals surface area (Å²) in [6, 6.07) is 25.2. The second-order valence-electron chi connectivity index (χ2n) is 8.14. The Labute approximate surface area is 189 Å². The summed E-state index contributed by atoms with van der Waals surface area (Å²) in [5, 5.41) is 9.89. The highest BCUT2D eigenvalue weighted by Gasteiger charge is 2.20. The second-order valence-corrected chi connectivity index (χ2v) is 8.14. The van der Waals surface area contributed by atoms with Gasteiger partial charge in [-0.2, -0.15) is 0 Å². The van der Waals surface area contributed by atoms with Crippen LogP contribution in [0.5, 0.6) is 5.75 Å². The van der Waals surface area contributed by atoms with Crippen LogP contribution in [0, 0.1) is 0 Å². The van der Waals surface area contributed by atoms with Gasteiger partial charge in [0.2, 0.25) is 0 Å². The van der Waals surface area contributed by atoms with E-state index in [1.807, 2.05) is 36.4 Å². The number of phenols is 1. The van der Waals surface area contributed by atoms with Gasteiger partial charge in [0.15, 0.2) is 0 Å². The Morgan fingerprint density at radius 2 is 1.62 bits per heavy atom. The quantitative estimate of drug-likeness (QED) is 0.574. The van der Waals surface area contributed by atoms with Gasteiger partial charge in [-0.3, -0.25) is 9.69 Å². The summed E-state index contributed by atoms with van der Waals surface area (Å²) in [5.41, 5.74) is 9.25. The Morgan fingerprint density at radius 3 is 2.34 bits per heavy atom. The summed E-state index contributed by atoms with van der Waals surface area (Å²) >= 11 is 0. The Bertz CT molecular complexity index is 1030. The van der Waals surface area contributed by atoms with Crippen LogP contribution in [-0.4, -0.2) is 55.2 Å². The van der Waals surface area contributed by atoms with Gasteiger partial charge in [-0.1, -0.05) is 42.5 Å². The predicted octanol–water partition coefficient (Wildman–Crippen LogP) is 3.32. The van der Waals surface area contributed by atoms with Gasteiger partial charge in [-0.05, 0) is 42.0 Å². The van der Waals surface area contributed by atoms with Crippen molar-refractivity contribution in [2.45, 2.75) is 6.54 Å². The molecule has 0 bridgehead atoms. The number of amides is 1. The van der Waals surface area contributed by atoms with Crippen molar-refractivity contribution < 1.29 is 9.90 Å². The molecule has 1 fully saturated rings. The maximum atomic E-state index is 12.0. The van der Waals surface area contributed by atoms with E-state index >= 15 is 0 Å². The van der Waals surface area contributed by atoms with Crippen molar-refractivity contribution in [3.63, 3.8) is 0 Å². The molecule has 0 radical (unpaired) electrons. The van der Waals surface area contributed by atoms with E-state index in [0.29, 0.717) is 12.1 Å². The lowest BCUT2D eigenvalue weighted by atomic mass is 10.1. The average Bonchev–Trinajstić information content (AvgIpc) is 2.83. The molecule has 166 valence electrons. The van der Waals surface area contributed by atoms with Crippen molar-refractivity contribution in [1.82, 2.24) is 4.90 Å². The van der Waals surface area contributed by atoms with Gasteiger partial charge in [0.1, 0.15) is 5.75 Å². The minimum atomic E-state index is -0.432. The van der Waals surface area contributed by atoms with Crippen LogP contribution in [0.2, 0.25) is 0 Å². The molecule has 1 aliphatic heterocycles. The lowest BCUT2D eigenvalue weighted by Gasteiger charge is -2.37. The number of nitrogens with zero attached hydrogens (tertiary/aromatic N) is 3. The SMILES string of the molecule is NC(=O)c1ccccc1N(CCN1CCN(c2ccccc2)CC1)Cc1cccc(O)c1. The molecule has 4 rings (SSSR count). The molecule has 0 unspecified atom stereocenters. The standard InChI is InChI=1S/C26H30N4O2/c27-26(32)24-11-4-5-12-25(24)30(20-21-7-6-10-23(31)19-21)18-15-28-13-16-29(17-14-28)22-8-2-1-3-9-22/h1-12,19,31H,13-18,20H2,(H2,27,32). The van der Waals surface area contributed by atoms with Crippen LogP contribution in [0.3, 0.4) is 0 Å². The molecule has 3 aromatic carbocycles. The molecule has 6 heteroatoms. The van der Waals surface area contributed by atoms with Gasteiger partial charge in [-0.25, -0.2) is 0 Å². The second kappa shape index (κ2) is 10.2. The highest BCUT2D eigenvalue weighted by molar-refractivity contribution is 5.98. The zero-order valence-electron chi connectivity index (χ0n) is 18.2. The number of nitrogens with two attached hydrogens (primary N) is 1. The van der Waals surface area contributed by atoms with Crippen LogP contribution in [0.4, 0.5) is 11.4 Å². The fourth-order valence-corrected chi connectivity index (χ4v) is 4.25. The number of benzene rings is 3. The maximum Gasteiger partial charge on any atom is 0.250 e. The first-order valence-corrected chi connectivity index (χ1v) is 11.0. The number of para-hydroxylation sites is 2. The summed E-state index contributed by atoms with van der Waals surface area (Å²) in [4.78, 5) is 19.1. The van der Waals surface area contributed by atoms with E-state index in [1.165, 1.54) is 5.69 Å². The molecule has 6 nitrogen and oxygen atoms in total. The molecule has 0 atom stereocenters. The van der Waals surface area contributed by atoms with Crippen LogP contribution in [-0.2, 0) is 6.54 Å². The molecule has 0 aromatic heterocycles. The van der Waals surface area contributed by atoms with Crippen molar-refractivity contribution >= 4 is 17.3 Å². The van der Waals surface area contributed by atoms with E-state index in [4.69, 9.17) is 5.73 Å². The molecule has 1 amide bonds. The van der Waals surface area contributed by atoms with Gasteiger partial charge in [0, 0.05) is 57.2 Å². The predicted molar refractivity (Wildman–Crippen MR) is 129 cm³/mol. The molecule has 32 heavy (non-hydrogen) atoms. The molecule has 3 N–H and O–H groups in total. The zero-order chi connectivity index (χ0) is 22.3. The number of phenolic OH excluding ortho intramolecular Hbond substituents is 1. The van der Waals surface area contributed by atoms with Gasteiger partial charge < -0.3 is 20.6 Å². The smallest absolute Gasteiger partial charge is 0.250 e. The van der Waals surface area contributed by atoms with Gasteiger partial charge in [0.05, 0.1) is 5.56 Å². The van der Waals surface area contributed by atoms with Crippen LogP contribution in [0.25, 0.3) is 0 Å². The summed E-state index contributed by atoms with van der Waals surface area (Å²) in [6.45, 7) is 6.20. The highest BCUT2D eigenvalue weighted by atomic mass is 16.3. The largest absolute Gasteiger partial charge is 0.508 e. The summed E-state index contributed by atoms with van der Waals surface area (Å²) in [7, 11) is 0. The number of hydrogen-bond donors (Lipinski definition) is 2. The lowest BCUT2D eigenvalue weighted by molar-refractivity contribution is 0.100. The molecule has 0 saturated carbocycles. The van der Waals surface area contributed by atoms with Crippen LogP contribution >= 0.6 is 0 Å². The van der Waals surface area contributed by atoms with Gasteiger partial charge in [0.25, 0.3) is 5.91 Å². The number of hydrogen-bond acceptors (Lipinski definition) is 5. The van der Waals surface area contributed by atoms with Crippen molar-refractivity contribution in [1.29, 1.82) is 0 Å². The normalized spacial score (nSPS) is 14.3. The molecule has 0 spiro atoms. The molecular formula is C26H30N4O2. The monoisotopic (exact) mass is 430 g/mol. The van der Waals surface area contributed by atoms with Crippen molar-refractivity contribution in [3.8, 4) is 5.75 Å². The van der Waals surface area contributed by atoms with Gasteiger partial charge >= 0.3 is 0 Å². The number of carbonyl (C=O) groups is 1. The van der Waals surface area contributed by atoms with Gasteiger partial charge in [-0.15, -0.1) is 0 Å². The topological polar surface area (TPSA) is 73.0 Å². The number of aromatic hydroxyl groups is 1. The Kier molecular flexibility index (Phi) is 6.92. The molecule has 0 aliphatic carbocycles. The van der Waals surface area contributed by atoms with Crippen LogP contribution in [0.1, 0.15) is 15.9 Å². The fraction of sp³-hybridized carbons (Fsp3) is 0.269. The number of anilines is 2. The summed E-state index contributed by atoms with van der Waals surface area (Å²) in [6.07, 6.45) is 0. The fourth-order valence-electron chi connectivity index (χ4n) is 4.25. The van der Waals surface area contributed by atoms with E-state index in [0.717, 1.165) is 50.5 Å². The number of carbonyl (C=O) groups excluding carboxylic acids is 1. The van der Waals surface area contributed by atoms with Crippen molar-refractivity contribution in [2.24, 2.45) is 5.73 Å². The lowest BCUT2D eigenvalue weighted by Crippen LogP contribution is -2.48. The van der Waals surface area contributed by atoms with E-state index in [1.54, 1.807) is 18.2 Å². The molecule has 1 aliphatic rings. The Morgan fingerprint density at radius 1 is 0.906 bits per heavy atom. The molecule has 3 aromatic rings. The number of primary amides is 1. The third kappa shape index (κ3) is 5.39. The maximum absolute atomic E-state index is 12.0. The minimum Gasteiger partial charge on any atom is -0.508 e. The summed E-state index contributed by atoms with van der Waals surface area (Å²) < 4.78 is 0. The summed E-state index contributed by atoms with van der Waals surface area (Å²) in [5.74, 6) is -0.194. The first kappa shape index (κ1) is 21.7. The van der Waals surface area contributed by atoms with E-state index < -0.39 is 5.91 Å². The third-order valence-electron chi connectivity index (χ3n) is 5.97. The number of rotatable bonds is 8. The van der Waals surface area contributed by atoms with Crippen LogP contribution in [0.15, 0.2) is 78.9 Å².